The lowest BCUT2D eigenvalue weighted by atomic mass is 10.2. The van der Waals surface area contributed by atoms with Gasteiger partial charge in [-0.25, -0.2) is 9.79 Å². The number of methoxy groups -OCH3 is 1. The number of thioether (sulfide) groups is 1. The molecule has 0 bridgehead atoms. The molecule has 0 unspecified atom stereocenters. The van der Waals surface area contributed by atoms with Gasteiger partial charge < -0.3 is 14.6 Å². The molecule has 3 rings (SSSR count). The molecule has 2 aromatic carbocycles. The van der Waals surface area contributed by atoms with Gasteiger partial charge >= 0.3 is 5.97 Å². The summed E-state index contributed by atoms with van der Waals surface area (Å²) in [6, 6.07) is 9.76. The van der Waals surface area contributed by atoms with Crippen molar-refractivity contribution in [2.45, 2.75) is 0 Å². The third-order valence-electron chi connectivity index (χ3n) is 4.24. The first kappa shape index (κ1) is 22.6. The number of amidine groups is 1. The van der Waals surface area contributed by atoms with Crippen molar-refractivity contribution in [3.8, 4) is 11.5 Å². The van der Waals surface area contributed by atoms with Gasteiger partial charge in [-0.15, -0.1) is 0 Å². The highest BCUT2D eigenvalue weighted by Gasteiger charge is 2.30. The summed E-state index contributed by atoms with van der Waals surface area (Å²) < 4.78 is 11.7. The number of hydrogen-bond acceptors (Lipinski definition) is 6. The summed E-state index contributed by atoms with van der Waals surface area (Å²) in [6.07, 6.45) is 3.39. The molecule has 1 aliphatic heterocycles. The molecule has 1 aliphatic rings. The lowest BCUT2D eigenvalue weighted by Gasteiger charge is -2.12. The third kappa shape index (κ3) is 5.18. The lowest BCUT2D eigenvalue weighted by molar-refractivity contribution is -0.121. The first-order chi connectivity index (χ1) is 14.8. The van der Waals surface area contributed by atoms with Crippen molar-refractivity contribution in [1.82, 2.24) is 4.90 Å². The predicted molar refractivity (Wildman–Crippen MR) is 125 cm³/mol. The average Bonchev–Trinajstić information content (AvgIpc) is 3.00. The van der Waals surface area contributed by atoms with E-state index in [1.165, 1.54) is 28.8 Å². The second-order valence-corrected chi connectivity index (χ2v) is 8.22. The van der Waals surface area contributed by atoms with E-state index in [1.54, 1.807) is 44.5 Å². The van der Waals surface area contributed by atoms with Crippen LogP contribution in [0.5, 0.6) is 11.5 Å². The van der Waals surface area contributed by atoms with Crippen LogP contribution in [0.4, 0.5) is 5.69 Å². The van der Waals surface area contributed by atoms with Gasteiger partial charge in [-0.05, 0) is 75.7 Å². The van der Waals surface area contributed by atoms with Crippen LogP contribution in [0.15, 0.2) is 63.4 Å². The number of ether oxygens (including phenoxy) is 2. The molecule has 160 valence electrons. The maximum Gasteiger partial charge on any atom is 0.335 e. The van der Waals surface area contributed by atoms with E-state index in [0.29, 0.717) is 38.3 Å². The van der Waals surface area contributed by atoms with Crippen molar-refractivity contribution >= 4 is 56.5 Å². The van der Waals surface area contributed by atoms with Crippen LogP contribution in [0.25, 0.3) is 6.08 Å². The summed E-state index contributed by atoms with van der Waals surface area (Å²) in [4.78, 5) is 30.1. The van der Waals surface area contributed by atoms with E-state index in [1.807, 2.05) is 6.07 Å². The molecule has 1 fully saturated rings. The molecule has 0 aromatic heterocycles. The number of hydrogen-bond donors (Lipinski definition) is 1. The molecule has 0 aliphatic carbocycles. The summed E-state index contributed by atoms with van der Waals surface area (Å²) in [5.74, 6) is -0.110. The molecule has 9 heteroatoms. The number of halogens is 1. The van der Waals surface area contributed by atoms with Gasteiger partial charge in [0.1, 0.15) is 6.61 Å². The van der Waals surface area contributed by atoms with Gasteiger partial charge in [0.25, 0.3) is 5.91 Å². The van der Waals surface area contributed by atoms with Gasteiger partial charge in [-0.2, -0.15) is 0 Å². The van der Waals surface area contributed by atoms with Crippen molar-refractivity contribution in [2.75, 3.05) is 20.8 Å². The zero-order valence-electron chi connectivity index (χ0n) is 16.8. The monoisotopic (exact) mass is 502 g/mol. The zero-order valence-corrected chi connectivity index (χ0v) is 19.2. The van der Waals surface area contributed by atoms with Crippen molar-refractivity contribution < 1.29 is 24.2 Å². The fourth-order valence-corrected chi connectivity index (χ4v) is 4.26. The quantitative estimate of drug-likeness (QED) is 0.425. The number of likely N-dealkylation sites (N-methyl/N-ethyl adjacent to an activating group) is 1. The molecule has 7 nitrogen and oxygen atoms in total. The molecule has 0 spiro atoms. The fraction of sp³-hybridized carbons (Fsp3) is 0.136. The Kier molecular flexibility index (Phi) is 7.19. The fourth-order valence-electron chi connectivity index (χ4n) is 2.70. The molecule has 1 saturated heterocycles. The second-order valence-electron chi connectivity index (χ2n) is 6.36. The maximum atomic E-state index is 12.7. The molecule has 0 radical (unpaired) electrons. The largest absolute Gasteiger partial charge is 0.493 e. The SMILES string of the molecule is C=CCOc1c(Br)cc(/C=C2\SC(=Nc3ccc(C(=O)O)cc3)N(C)C2=O)cc1OC. The third-order valence-corrected chi connectivity index (χ3v) is 5.89. The van der Waals surface area contributed by atoms with E-state index in [9.17, 15) is 9.59 Å². The van der Waals surface area contributed by atoms with Crippen LogP contribution in [-0.2, 0) is 4.79 Å². The maximum absolute atomic E-state index is 12.7. The summed E-state index contributed by atoms with van der Waals surface area (Å²) in [6.45, 7) is 3.97. The van der Waals surface area contributed by atoms with E-state index >= 15 is 0 Å². The van der Waals surface area contributed by atoms with E-state index in [-0.39, 0.29) is 11.5 Å². The number of carbonyl (C=O) groups is 2. The predicted octanol–water partition coefficient (Wildman–Crippen LogP) is 4.95. The van der Waals surface area contributed by atoms with Crippen molar-refractivity contribution in [3.63, 3.8) is 0 Å². The van der Waals surface area contributed by atoms with Crippen molar-refractivity contribution in [2.24, 2.45) is 4.99 Å². The zero-order chi connectivity index (χ0) is 22.5. The number of carboxylic acid groups (broad SMARTS) is 1. The van der Waals surface area contributed by atoms with Crippen LogP contribution >= 0.6 is 27.7 Å². The van der Waals surface area contributed by atoms with Crippen LogP contribution in [-0.4, -0.2) is 47.8 Å². The summed E-state index contributed by atoms with van der Waals surface area (Å²) in [7, 11) is 3.19. The highest BCUT2D eigenvalue weighted by atomic mass is 79.9. The normalized spacial score (nSPS) is 16.1. The smallest absolute Gasteiger partial charge is 0.335 e. The van der Waals surface area contributed by atoms with Crippen LogP contribution in [0.2, 0.25) is 0 Å². The number of rotatable bonds is 7. The molecule has 1 N–H and O–H groups in total. The molecule has 31 heavy (non-hydrogen) atoms. The summed E-state index contributed by atoms with van der Waals surface area (Å²) in [5, 5.41) is 9.50. The van der Waals surface area contributed by atoms with E-state index in [0.717, 1.165) is 5.56 Å². The van der Waals surface area contributed by atoms with Gasteiger partial charge in [0.05, 0.1) is 27.7 Å². The number of aliphatic imine (C=N–C) groups is 1. The Morgan fingerprint density at radius 1 is 1.32 bits per heavy atom. The van der Waals surface area contributed by atoms with E-state index < -0.39 is 5.97 Å². The highest BCUT2D eigenvalue weighted by Crippen LogP contribution is 2.39. The van der Waals surface area contributed by atoms with Crippen LogP contribution in [0.1, 0.15) is 15.9 Å². The number of carbonyl (C=O) groups excluding carboxylic acids is 1. The standard InChI is InChI=1S/C22H19BrN2O5S/c1-4-9-30-19-16(23)10-13(11-17(19)29-3)12-18-20(26)25(2)22(31-18)24-15-7-5-14(6-8-15)21(27)28/h4-8,10-12H,1,9H2,2-3H3,(H,27,28)/b18-12-,24-22?. The average molecular weight is 503 g/mol. The molecular weight excluding hydrogens is 484 g/mol. The summed E-state index contributed by atoms with van der Waals surface area (Å²) >= 11 is 4.72. The van der Waals surface area contributed by atoms with Crippen molar-refractivity contribution in [3.05, 3.63) is 69.6 Å². The molecule has 0 saturated carbocycles. The second kappa shape index (κ2) is 9.84. The van der Waals surface area contributed by atoms with E-state index in [4.69, 9.17) is 14.6 Å². The number of amides is 1. The number of carboxylic acids is 1. The minimum Gasteiger partial charge on any atom is -0.493 e. The van der Waals surface area contributed by atoms with Gasteiger partial charge in [0.2, 0.25) is 0 Å². The van der Waals surface area contributed by atoms with Gasteiger partial charge in [-0.1, -0.05) is 12.7 Å². The number of nitrogens with zero attached hydrogens (tertiary/aromatic N) is 2. The lowest BCUT2D eigenvalue weighted by Crippen LogP contribution is -2.23. The first-order valence-corrected chi connectivity index (χ1v) is 10.7. The highest BCUT2D eigenvalue weighted by molar-refractivity contribution is 9.10. The Balaban J connectivity index is 1.88. The Labute approximate surface area is 192 Å². The Morgan fingerprint density at radius 3 is 2.65 bits per heavy atom. The first-order valence-electron chi connectivity index (χ1n) is 9.05. The van der Waals surface area contributed by atoms with Crippen molar-refractivity contribution in [1.29, 1.82) is 0 Å². The van der Waals surface area contributed by atoms with Gasteiger partial charge in [-0.3, -0.25) is 9.69 Å². The molecule has 1 amide bonds. The Morgan fingerprint density at radius 2 is 2.03 bits per heavy atom. The van der Waals surface area contributed by atoms with E-state index in [2.05, 4.69) is 27.5 Å². The topological polar surface area (TPSA) is 88.4 Å². The molecule has 1 heterocycles. The van der Waals surface area contributed by atoms with Crippen LogP contribution in [0, 0.1) is 0 Å². The van der Waals surface area contributed by atoms with Gasteiger partial charge in [0, 0.05) is 7.05 Å². The molecule has 0 atom stereocenters. The number of benzene rings is 2. The Hall–Kier alpha value is -3.04. The molecule has 2 aromatic rings. The van der Waals surface area contributed by atoms with Crippen LogP contribution in [0.3, 0.4) is 0 Å². The van der Waals surface area contributed by atoms with Gasteiger partial charge in [0.15, 0.2) is 16.7 Å². The minimum absolute atomic E-state index is 0.174. The minimum atomic E-state index is -1.01. The molecular formula is C22H19BrN2O5S. The number of aromatic carboxylic acids is 1. The van der Waals surface area contributed by atoms with Crippen LogP contribution < -0.4 is 9.47 Å². The Bertz CT molecular complexity index is 1100. The summed E-state index contributed by atoms with van der Waals surface area (Å²) in [5.41, 5.74) is 1.49.